The van der Waals surface area contributed by atoms with Gasteiger partial charge in [-0.25, -0.2) is 9.97 Å². The maximum absolute atomic E-state index is 5.43. The maximum Gasteiger partial charge on any atom is 0.227 e. The van der Waals surface area contributed by atoms with Crippen LogP contribution in [0.15, 0.2) is 6.33 Å². The number of nitrogens with zero attached hydrogens (tertiary/aromatic N) is 4. The van der Waals surface area contributed by atoms with Crippen LogP contribution >= 0.6 is 11.3 Å². The lowest BCUT2D eigenvalue weighted by molar-refractivity contribution is -0.908. The zero-order valence-electron chi connectivity index (χ0n) is 15.8. The second kappa shape index (κ2) is 7.33. The van der Waals surface area contributed by atoms with Crippen molar-refractivity contribution in [3.8, 4) is 0 Å². The molecule has 1 aliphatic heterocycles. The normalized spacial score (nSPS) is 21.0. The first kappa shape index (κ1) is 17.3. The van der Waals surface area contributed by atoms with Crippen LogP contribution < -0.4 is 10.2 Å². The van der Waals surface area contributed by atoms with Crippen LogP contribution in [0.2, 0.25) is 0 Å². The molecule has 0 aromatic carbocycles. The Morgan fingerprint density at radius 2 is 2.26 bits per heavy atom. The second-order valence-corrected chi connectivity index (χ2v) is 8.82. The summed E-state index contributed by atoms with van der Waals surface area (Å²) in [6.45, 7) is 8.43. The highest BCUT2D eigenvalue weighted by Gasteiger charge is 2.26. The van der Waals surface area contributed by atoms with E-state index in [-0.39, 0.29) is 0 Å². The molecule has 27 heavy (non-hydrogen) atoms. The Labute approximate surface area is 162 Å². The molecule has 1 fully saturated rings. The van der Waals surface area contributed by atoms with Gasteiger partial charge in [0, 0.05) is 17.8 Å². The minimum Gasteiger partial charge on any atom is -0.370 e. The molecule has 7 nitrogen and oxygen atoms in total. The van der Waals surface area contributed by atoms with Crippen molar-refractivity contribution in [3.05, 3.63) is 16.8 Å². The van der Waals surface area contributed by atoms with E-state index in [9.17, 15) is 0 Å². The van der Waals surface area contributed by atoms with Gasteiger partial charge in [-0.2, -0.15) is 9.61 Å². The molecule has 1 atom stereocenters. The van der Waals surface area contributed by atoms with Gasteiger partial charge >= 0.3 is 0 Å². The number of morpholine rings is 1. The molecule has 0 bridgehead atoms. The van der Waals surface area contributed by atoms with Gasteiger partial charge in [-0.3, -0.25) is 0 Å². The molecule has 0 spiro atoms. The number of rotatable bonds is 5. The highest BCUT2D eigenvalue weighted by molar-refractivity contribution is 7.19. The van der Waals surface area contributed by atoms with Crippen molar-refractivity contribution in [2.45, 2.75) is 38.5 Å². The van der Waals surface area contributed by atoms with Gasteiger partial charge in [-0.15, -0.1) is 11.3 Å². The third-order valence-corrected chi connectivity index (χ3v) is 7.07. The van der Waals surface area contributed by atoms with Gasteiger partial charge in [0.05, 0.1) is 25.1 Å². The van der Waals surface area contributed by atoms with Crippen molar-refractivity contribution < 1.29 is 9.64 Å². The van der Waals surface area contributed by atoms with E-state index in [1.807, 2.05) is 15.9 Å². The Kier molecular flexibility index (Phi) is 4.71. The summed E-state index contributed by atoms with van der Waals surface area (Å²) >= 11 is 1.85. The van der Waals surface area contributed by atoms with E-state index >= 15 is 0 Å². The summed E-state index contributed by atoms with van der Waals surface area (Å²) in [7, 11) is 0. The lowest BCUT2D eigenvalue weighted by atomic mass is 9.87. The number of anilines is 1. The summed E-state index contributed by atoms with van der Waals surface area (Å²) in [5.74, 6) is 1.40. The lowest BCUT2D eigenvalue weighted by Crippen LogP contribution is -3.14. The monoisotopic (exact) mass is 387 g/mol. The van der Waals surface area contributed by atoms with Crippen molar-refractivity contribution in [2.24, 2.45) is 0 Å². The minimum absolute atomic E-state index is 0.583. The van der Waals surface area contributed by atoms with E-state index in [2.05, 4.69) is 22.3 Å². The van der Waals surface area contributed by atoms with Crippen LogP contribution in [0.5, 0.6) is 0 Å². The van der Waals surface area contributed by atoms with Crippen LogP contribution in [-0.4, -0.2) is 59.0 Å². The molecule has 4 heterocycles. The topological polar surface area (TPSA) is 68.8 Å². The quantitative estimate of drug-likeness (QED) is 0.650. The summed E-state index contributed by atoms with van der Waals surface area (Å²) in [5, 5.41) is 9.19. The second-order valence-electron chi connectivity index (χ2n) is 7.74. The van der Waals surface area contributed by atoms with Crippen LogP contribution in [0.1, 0.15) is 42.5 Å². The van der Waals surface area contributed by atoms with E-state index in [0.717, 1.165) is 55.7 Å². The molecule has 3 aromatic heterocycles. The fourth-order valence-electron chi connectivity index (χ4n) is 4.47. The summed E-state index contributed by atoms with van der Waals surface area (Å²) in [6, 6.07) is 0. The standard InChI is InChI=1S/C19H26N6OS/c1-13-4-2-5-14-15(13)16-17-21-12-22-25(17)19(23-18(16)27-14)20-6-3-7-24-8-10-26-11-9-24/h12-13H,2-11H2,1H3,(H,20,23)/p+1/t13-/m1/s1. The van der Waals surface area contributed by atoms with Crippen LogP contribution in [0.4, 0.5) is 5.95 Å². The van der Waals surface area contributed by atoms with Gasteiger partial charge < -0.3 is 15.0 Å². The number of hydrogen-bond acceptors (Lipinski definition) is 6. The van der Waals surface area contributed by atoms with E-state index in [4.69, 9.17) is 9.72 Å². The zero-order chi connectivity index (χ0) is 18.2. The molecule has 0 saturated carbocycles. The molecule has 3 aromatic rings. The van der Waals surface area contributed by atoms with E-state index in [1.54, 1.807) is 11.2 Å². The molecule has 5 rings (SSSR count). The van der Waals surface area contributed by atoms with Crippen molar-refractivity contribution in [3.63, 3.8) is 0 Å². The summed E-state index contributed by atoms with van der Waals surface area (Å²) in [5.41, 5.74) is 2.42. The third-order valence-electron chi connectivity index (χ3n) is 5.91. The van der Waals surface area contributed by atoms with E-state index in [0.29, 0.717) is 5.92 Å². The van der Waals surface area contributed by atoms with Crippen molar-refractivity contribution in [2.75, 3.05) is 44.7 Å². The Morgan fingerprint density at radius 3 is 3.15 bits per heavy atom. The molecular weight excluding hydrogens is 360 g/mol. The van der Waals surface area contributed by atoms with E-state index < -0.39 is 0 Å². The SMILES string of the molecule is C[C@@H]1CCCc2sc3nc(NCCC[NH+]4CCOCC4)n4ncnc4c3c21. The molecular formula is C19H27N6OS+. The van der Waals surface area contributed by atoms with Gasteiger partial charge in [0.1, 0.15) is 24.2 Å². The Balaban J connectivity index is 1.38. The third kappa shape index (κ3) is 3.19. The molecule has 1 saturated heterocycles. The van der Waals surface area contributed by atoms with Gasteiger partial charge in [0.15, 0.2) is 5.65 Å². The fraction of sp³-hybridized carbons (Fsp3) is 0.632. The molecule has 2 N–H and O–H groups in total. The molecule has 8 heteroatoms. The average molecular weight is 388 g/mol. The first-order chi connectivity index (χ1) is 13.3. The van der Waals surface area contributed by atoms with Crippen LogP contribution in [0, 0.1) is 0 Å². The smallest absolute Gasteiger partial charge is 0.227 e. The largest absolute Gasteiger partial charge is 0.370 e. The fourth-order valence-corrected chi connectivity index (χ4v) is 5.79. The highest BCUT2D eigenvalue weighted by atomic mass is 32.1. The number of ether oxygens (including phenoxy) is 1. The van der Waals surface area contributed by atoms with Crippen molar-refractivity contribution in [1.82, 2.24) is 19.6 Å². The number of hydrogen-bond donors (Lipinski definition) is 2. The number of fused-ring (bicyclic) bond motifs is 5. The van der Waals surface area contributed by atoms with Crippen LogP contribution in [0.3, 0.4) is 0 Å². The maximum atomic E-state index is 5.43. The van der Waals surface area contributed by atoms with E-state index in [1.165, 1.54) is 41.6 Å². The van der Waals surface area contributed by atoms with Gasteiger partial charge in [0.2, 0.25) is 5.95 Å². The number of aromatic nitrogens is 4. The zero-order valence-corrected chi connectivity index (χ0v) is 16.6. The van der Waals surface area contributed by atoms with Gasteiger partial charge in [-0.1, -0.05) is 6.92 Å². The summed E-state index contributed by atoms with van der Waals surface area (Å²) < 4.78 is 7.32. The summed E-state index contributed by atoms with van der Waals surface area (Å²) in [6.07, 6.45) is 6.47. The minimum atomic E-state index is 0.583. The Bertz CT molecular complexity index is 945. The first-order valence-electron chi connectivity index (χ1n) is 10.1. The molecule has 144 valence electrons. The van der Waals surface area contributed by atoms with Crippen molar-refractivity contribution in [1.29, 1.82) is 0 Å². The Morgan fingerprint density at radius 1 is 1.37 bits per heavy atom. The summed E-state index contributed by atoms with van der Waals surface area (Å²) in [4.78, 5) is 13.8. The number of thiophene rings is 1. The predicted octanol–water partition coefficient (Wildman–Crippen LogP) is 1.50. The predicted molar refractivity (Wildman–Crippen MR) is 107 cm³/mol. The van der Waals surface area contributed by atoms with Gasteiger partial charge in [-0.05, 0) is 30.7 Å². The molecule has 2 aliphatic rings. The van der Waals surface area contributed by atoms with Crippen molar-refractivity contribution >= 4 is 33.1 Å². The lowest BCUT2D eigenvalue weighted by Gasteiger charge is -2.23. The van der Waals surface area contributed by atoms with Crippen LogP contribution in [0.25, 0.3) is 15.9 Å². The van der Waals surface area contributed by atoms with Crippen LogP contribution in [-0.2, 0) is 11.2 Å². The Hall–Kier alpha value is -1.77. The van der Waals surface area contributed by atoms with Gasteiger partial charge in [0.25, 0.3) is 0 Å². The average Bonchev–Trinajstić information content (AvgIpc) is 3.30. The highest BCUT2D eigenvalue weighted by Crippen LogP contribution is 2.43. The first-order valence-corrected chi connectivity index (χ1v) is 10.9. The molecule has 1 aliphatic carbocycles. The number of quaternary nitrogens is 1. The number of nitrogens with one attached hydrogen (secondary N) is 2. The molecule has 0 unspecified atom stereocenters. The molecule has 0 radical (unpaired) electrons. The number of aryl methyl sites for hydroxylation is 1. The molecule has 0 amide bonds.